The monoisotopic (exact) mass is 1390 g/mol. The van der Waals surface area contributed by atoms with E-state index in [2.05, 4.69) is 24.3 Å². The molecule has 12 nitrogen and oxygen atoms in total. The summed E-state index contributed by atoms with van der Waals surface area (Å²) in [6, 6.07) is 110. The molecule has 0 fully saturated rings. The number of rotatable bonds is 20. The van der Waals surface area contributed by atoms with E-state index in [0.717, 1.165) is 79.6 Å². The summed E-state index contributed by atoms with van der Waals surface area (Å²) >= 11 is 0. The highest BCUT2D eigenvalue weighted by Gasteiger charge is 2.39. The Kier molecular flexibility index (Phi) is 18.9. The molecule has 2 aliphatic carbocycles. The van der Waals surface area contributed by atoms with Gasteiger partial charge in [0.1, 0.15) is 116 Å². The van der Waals surface area contributed by atoms with Crippen molar-refractivity contribution >= 4 is 0 Å². The van der Waals surface area contributed by atoms with Crippen molar-refractivity contribution in [3.63, 3.8) is 0 Å². The second kappa shape index (κ2) is 30.2. The molecule has 0 atom stereocenters. The lowest BCUT2D eigenvalue weighted by Crippen LogP contribution is -2.35. The third-order valence-corrected chi connectivity index (χ3v) is 19.5. The van der Waals surface area contributed by atoms with Gasteiger partial charge in [-0.1, -0.05) is 194 Å². The Balaban J connectivity index is 0.731. The molecule has 14 aromatic carbocycles. The molecule has 0 saturated carbocycles. The average molecular weight is 1390 g/mol. The van der Waals surface area contributed by atoms with Crippen LogP contribution in [0.1, 0.15) is 57.3 Å². The van der Waals surface area contributed by atoms with Crippen molar-refractivity contribution in [2.24, 2.45) is 5.41 Å². The van der Waals surface area contributed by atoms with E-state index in [4.69, 9.17) is 37.9 Å². The smallest absolute Gasteiger partial charge is 0.170 e. The number of fused-ring (bicyclic) bond motifs is 2. The number of aryl methyl sites for hydroxylation is 2. The van der Waals surface area contributed by atoms with E-state index >= 15 is 0 Å². The number of hydrogen-bond acceptors (Lipinski definition) is 12. The predicted molar refractivity (Wildman–Crippen MR) is 412 cm³/mol. The van der Waals surface area contributed by atoms with Crippen LogP contribution in [0.5, 0.6) is 92.0 Å². The van der Waals surface area contributed by atoms with E-state index in [0.29, 0.717) is 94.7 Å². The third-order valence-electron chi connectivity index (χ3n) is 19.5. The van der Waals surface area contributed by atoms with Gasteiger partial charge >= 0.3 is 0 Å². The molecular weight excluding hydrogens is 1330 g/mol. The molecule has 0 heterocycles. The van der Waals surface area contributed by atoms with Crippen LogP contribution in [0, 0.1) is 50.7 Å². The van der Waals surface area contributed by atoms with Gasteiger partial charge in [0, 0.05) is 0 Å². The molecule has 0 N–H and O–H groups in total. The summed E-state index contributed by atoms with van der Waals surface area (Å²) in [6.45, 7) is 0. The number of hydrogen-bond donors (Lipinski definition) is 0. The molecule has 107 heavy (non-hydrogen) atoms. The standard InChI is InChI=1S/C95H64N4O8/c96-59-79-83(100-75-41-33-67(34-42-75)63-17-5-1-6-18-63)25-13-29-87(79)104-91-53-71-49-51-95(57-73(71)55-93(91)106-89-31-15-27-85(81(89)61-98)102-77-45-37-69(38-46-77)65-21-9-3-10-22-65)52-50-72-54-92(105-88-30-14-26-84(80(88)60-97)101-76-43-35-68(36-44-76)64-19-7-2-8-20-64)94(56-74(72)58-95)107-90-32-16-28-86(82(90)62-99)103-78-47-39-70(40-48-78)66-23-11-4-12-24-66/h1-48,53-56H,49-52,57-58H2. The highest BCUT2D eigenvalue weighted by atomic mass is 16.5. The summed E-state index contributed by atoms with van der Waals surface area (Å²) < 4.78 is 53.5. The Bertz CT molecular complexity index is 5430. The van der Waals surface area contributed by atoms with Crippen LogP contribution in [0.2, 0.25) is 0 Å². The maximum Gasteiger partial charge on any atom is 0.170 e. The van der Waals surface area contributed by atoms with Gasteiger partial charge in [-0.2, -0.15) is 21.0 Å². The highest BCUT2D eigenvalue weighted by molar-refractivity contribution is 5.70. The van der Waals surface area contributed by atoms with Crippen molar-refractivity contribution in [1.29, 1.82) is 21.0 Å². The molecule has 0 aliphatic heterocycles. The third kappa shape index (κ3) is 14.7. The molecule has 0 radical (unpaired) electrons. The van der Waals surface area contributed by atoms with Crippen LogP contribution < -0.4 is 37.9 Å². The zero-order valence-electron chi connectivity index (χ0n) is 57.8. The first-order valence-corrected chi connectivity index (χ1v) is 35.2. The van der Waals surface area contributed by atoms with Crippen LogP contribution in [0.4, 0.5) is 0 Å². The van der Waals surface area contributed by atoms with E-state index in [1.807, 2.05) is 243 Å². The molecule has 0 amide bonds. The van der Waals surface area contributed by atoms with Gasteiger partial charge in [0.15, 0.2) is 23.0 Å². The zero-order chi connectivity index (χ0) is 72.5. The molecule has 0 saturated heterocycles. The first kappa shape index (κ1) is 67.0. The molecule has 0 aromatic heterocycles. The lowest BCUT2D eigenvalue weighted by Gasteiger charge is -2.42. The van der Waals surface area contributed by atoms with Crippen LogP contribution in [-0.4, -0.2) is 0 Å². The predicted octanol–water partition coefficient (Wildman–Crippen LogP) is 24.8. The molecule has 1 spiro atoms. The summed E-state index contributed by atoms with van der Waals surface area (Å²) in [6.07, 6.45) is 4.26. The Morgan fingerprint density at radius 3 is 0.636 bits per heavy atom. The fourth-order valence-corrected chi connectivity index (χ4v) is 14.1. The minimum atomic E-state index is -0.263. The summed E-state index contributed by atoms with van der Waals surface area (Å²) in [5.41, 5.74) is 12.9. The first-order valence-electron chi connectivity index (χ1n) is 35.2. The summed E-state index contributed by atoms with van der Waals surface area (Å²) in [4.78, 5) is 0. The first-order chi connectivity index (χ1) is 52.7. The van der Waals surface area contributed by atoms with E-state index in [1.165, 1.54) is 0 Å². The fourth-order valence-electron chi connectivity index (χ4n) is 14.1. The quantitative estimate of drug-likeness (QED) is 0.0709. The van der Waals surface area contributed by atoms with Crippen molar-refractivity contribution in [1.82, 2.24) is 0 Å². The van der Waals surface area contributed by atoms with Crippen molar-refractivity contribution in [3.8, 4) is 161 Å². The van der Waals surface area contributed by atoms with Gasteiger partial charge in [-0.15, -0.1) is 0 Å². The van der Waals surface area contributed by atoms with Crippen LogP contribution >= 0.6 is 0 Å². The second-order valence-corrected chi connectivity index (χ2v) is 26.3. The number of ether oxygens (including phenoxy) is 8. The lowest BCUT2D eigenvalue weighted by atomic mass is 9.62. The Hall–Kier alpha value is -14.6. The van der Waals surface area contributed by atoms with Gasteiger partial charge < -0.3 is 37.9 Å². The van der Waals surface area contributed by atoms with Gasteiger partial charge in [-0.25, -0.2) is 0 Å². The molecule has 14 aromatic rings. The average Bonchev–Trinajstić information content (AvgIpc) is 0.752. The van der Waals surface area contributed by atoms with Gasteiger partial charge in [-0.05, 0) is 232 Å². The van der Waals surface area contributed by atoms with Crippen molar-refractivity contribution < 1.29 is 37.9 Å². The van der Waals surface area contributed by atoms with E-state index in [-0.39, 0.29) is 50.7 Å². The molecule has 512 valence electrons. The van der Waals surface area contributed by atoms with Crippen molar-refractivity contribution in [2.75, 3.05) is 0 Å². The van der Waals surface area contributed by atoms with Crippen molar-refractivity contribution in [3.05, 3.63) is 360 Å². The Morgan fingerprint density at radius 2 is 0.411 bits per heavy atom. The fraction of sp³-hybridized carbons (Fsp3) is 0.0737. The van der Waals surface area contributed by atoms with Crippen LogP contribution in [0.3, 0.4) is 0 Å². The molecule has 0 bridgehead atoms. The molecule has 0 unspecified atom stereocenters. The lowest BCUT2D eigenvalue weighted by molar-refractivity contribution is 0.209. The number of nitriles is 4. The summed E-state index contributed by atoms with van der Waals surface area (Å²) in [5.74, 6) is 5.62. The highest BCUT2D eigenvalue weighted by Crippen LogP contribution is 2.52. The molecular formula is C95H64N4O8. The Labute approximate surface area is 620 Å². The van der Waals surface area contributed by atoms with E-state index in [9.17, 15) is 21.0 Å². The minimum Gasteiger partial charge on any atom is -0.456 e. The Morgan fingerprint density at radius 1 is 0.206 bits per heavy atom. The van der Waals surface area contributed by atoms with Gasteiger partial charge in [0.05, 0.1) is 0 Å². The van der Waals surface area contributed by atoms with Gasteiger partial charge in [0.25, 0.3) is 0 Å². The largest absolute Gasteiger partial charge is 0.456 e. The zero-order valence-corrected chi connectivity index (χ0v) is 57.8. The maximum atomic E-state index is 11.0. The summed E-state index contributed by atoms with van der Waals surface area (Å²) in [5, 5.41) is 43.8. The van der Waals surface area contributed by atoms with Crippen LogP contribution in [0.25, 0.3) is 44.5 Å². The topological polar surface area (TPSA) is 169 Å². The number of nitrogens with zero attached hydrogens (tertiary/aromatic N) is 4. The van der Waals surface area contributed by atoms with Gasteiger partial charge in [0.2, 0.25) is 0 Å². The SMILES string of the molecule is N#Cc1c(Oc2ccc(-c3ccccc3)cc2)cccc1Oc1cc2c(cc1Oc1cccc(Oc3ccc(-c4ccccc4)cc3)c1C#N)CC1(CC2)CCc2cc(Oc3cccc(Oc4ccc(-c5ccccc5)cc4)c3C#N)c(Oc3cccc(Oc4ccc(-c5ccccc5)cc4)c3C#N)cc2C1. The maximum absolute atomic E-state index is 11.0. The van der Waals surface area contributed by atoms with Crippen LogP contribution in [-0.2, 0) is 25.7 Å². The second-order valence-electron chi connectivity index (χ2n) is 26.3. The van der Waals surface area contributed by atoms with Gasteiger partial charge in [-0.3, -0.25) is 0 Å². The molecule has 12 heteroatoms. The normalized spacial score (nSPS) is 12.3. The molecule has 16 rings (SSSR count). The minimum absolute atomic E-state index is 0.168. The van der Waals surface area contributed by atoms with E-state index < -0.39 is 0 Å². The number of benzene rings is 14. The van der Waals surface area contributed by atoms with E-state index in [1.54, 1.807) is 72.8 Å². The summed E-state index contributed by atoms with van der Waals surface area (Å²) in [7, 11) is 0. The van der Waals surface area contributed by atoms with Crippen molar-refractivity contribution in [2.45, 2.75) is 38.5 Å². The van der Waals surface area contributed by atoms with Crippen LogP contribution in [0.15, 0.2) is 315 Å². The molecule has 2 aliphatic rings.